The number of nitrogens with two attached hydrogens (primary N) is 2. The van der Waals surface area contributed by atoms with Gasteiger partial charge in [0.25, 0.3) is 5.91 Å². The zero-order valence-corrected chi connectivity index (χ0v) is 21.9. The minimum atomic E-state index is -0.380. The van der Waals surface area contributed by atoms with Gasteiger partial charge in [0.1, 0.15) is 23.5 Å². The fraction of sp³-hybridized carbons (Fsp3) is 0.250. The van der Waals surface area contributed by atoms with Gasteiger partial charge < -0.3 is 21.3 Å². The first-order chi connectivity index (χ1) is 19.4. The molecule has 2 bridgehead atoms. The highest BCUT2D eigenvalue weighted by Crippen LogP contribution is 2.36. The molecule has 1 amide bonds. The van der Waals surface area contributed by atoms with Gasteiger partial charge in [-0.3, -0.25) is 20.0 Å². The third-order valence-corrected chi connectivity index (χ3v) is 7.60. The molecule has 2 aliphatic rings. The molecule has 40 heavy (non-hydrogen) atoms. The highest BCUT2D eigenvalue weighted by molar-refractivity contribution is 6.38. The van der Waals surface area contributed by atoms with Crippen molar-refractivity contribution in [2.45, 2.75) is 31.8 Å². The minimum absolute atomic E-state index is 0.135. The predicted octanol–water partition coefficient (Wildman–Crippen LogP) is 2.39. The number of carbonyl (C=O) groups is 2. The normalized spacial score (nSPS) is 18.8. The van der Waals surface area contributed by atoms with E-state index >= 15 is 0 Å². The Kier molecular flexibility index (Phi) is 6.21. The van der Waals surface area contributed by atoms with E-state index in [2.05, 4.69) is 15.1 Å². The van der Waals surface area contributed by atoms with Gasteiger partial charge in [0, 0.05) is 36.0 Å². The van der Waals surface area contributed by atoms with Gasteiger partial charge in [0.2, 0.25) is 0 Å². The molecular formula is C28H28N10O2. The standard InChI is InChI=1S/C28H28N10O2/c1-16(39)23-25(31)38-26(21(12-34-38)18-7-10-22(32-11-18)17-5-3-2-4-6-17)35-27(23)36-13-19-8-9-20(14-36)37(19)28(40)24(30)33-15-29/h2-7,10-12,15,19-20H,8-9,13-14,31H2,1H3,(H3,29,30,33). The van der Waals surface area contributed by atoms with E-state index in [1.165, 1.54) is 11.4 Å². The maximum Gasteiger partial charge on any atom is 0.289 e. The van der Waals surface area contributed by atoms with Gasteiger partial charge in [-0.25, -0.2) is 9.98 Å². The molecule has 0 spiro atoms. The largest absolute Gasteiger partial charge is 0.383 e. The third kappa shape index (κ3) is 4.13. The van der Waals surface area contributed by atoms with Crippen LogP contribution in [0.15, 0.2) is 59.9 Å². The predicted molar refractivity (Wildman–Crippen MR) is 152 cm³/mol. The number of amides is 1. The van der Waals surface area contributed by atoms with Crippen LogP contribution in [0.2, 0.25) is 0 Å². The number of ketones is 1. The van der Waals surface area contributed by atoms with Gasteiger partial charge in [0.15, 0.2) is 17.3 Å². The highest BCUT2D eigenvalue weighted by atomic mass is 16.2. The van der Waals surface area contributed by atoms with E-state index in [9.17, 15) is 9.59 Å². The zero-order chi connectivity index (χ0) is 28.0. The Morgan fingerprint density at radius 3 is 2.40 bits per heavy atom. The molecular weight excluding hydrogens is 508 g/mol. The molecule has 0 radical (unpaired) electrons. The number of hydrogen-bond donors (Lipinski definition) is 3. The molecule has 3 aromatic heterocycles. The molecule has 0 aliphatic carbocycles. The quantitative estimate of drug-likeness (QED) is 0.198. The zero-order valence-electron chi connectivity index (χ0n) is 21.9. The lowest BCUT2D eigenvalue weighted by molar-refractivity contribution is -0.127. The first kappa shape index (κ1) is 25.2. The Bertz CT molecular complexity index is 1650. The third-order valence-electron chi connectivity index (χ3n) is 7.60. The Labute approximate surface area is 229 Å². The summed E-state index contributed by atoms with van der Waals surface area (Å²) in [5.74, 6) is -0.126. The van der Waals surface area contributed by atoms with Crippen LogP contribution in [0.3, 0.4) is 0 Å². The fourth-order valence-electron chi connectivity index (χ4n) is 5.77. The van der Waals surface area contributed by atoms with E-state index in [1.807, 2.05) is 47.4 Å². The van der Waals surface area contributed by atoms with Gasteiger partial charge in [-0.05, 0) is 25.8 Å². The lowest BCUT2D eigenvalue weighted by Crippen LogP contribution is -2.58. The fourth-order valence-corrected chi connectivity index (χ4v) is 5.77. The van der Waals surface area contributed by atoms with Crippen molar-refractivity contribution in [3.63, 3.8) is 0 Å². The minimum Gasteiger partial charge on any atom is -0.383 e. The Hall–Kier alpha value is -5.13. The Balaban J connectivity index is 1.38. The van der Waals surface area contributed by atoms with Crippen molar-refractivity contribution in [1.29, 1.82) is 5.41 Å². The summed E-state index contributed by atoms with van der Waals surface area (Å²) in [6.07, 6.45) is 5.79. The second-order valence-corrected chi connectivity index (χ2v) is 9.99. The number of amidine groups is 1. The molecule has 2 unspecified atom stereocenters. The number of anilines is 2. The Morgan fingerprint density at radius 1 is 1.05 bits per heavy atom. The van der Waals surface area contributed by atoms with Gasteiger partial charge in [-0.1, -0.05) is 36.4 Å². The summed E-state index contributed by atoms with van der Waals surface area (Å²) >= 11 is 0. The number of benzene rings is 1. The first-order valence-electron chi connectivity index (χ1n) is 13.0. The molecule has 12 heteroatoms. The molecule has 5 N–H and O–H groups in total. The van der Waals surface area contributed by atoms with E-state index in [4.69, 9.17) is 21.9 Å². The van der Waals surface area contributed by atoms with Crippen molar-refractivity contribution in [2.75, 3.05) is 23.7 Å². The van der Waals surface area contributed by atoms with Crippen molar-refractivity contribution in [3.8, 4) is 22.4 Å². The van der Waals surface area contributed by atoms with Crippen molar-refractivity contribution in [3.05, 3.63) is 60.4 Å². The monoisotopic (exact) mass is 536 g/mol. The van der Waals surface area contributed by atoms with Crippen molar-refractivity contribution in [2.24, 2.45) is 10.7 Å². The van der Waals surface area contributed by atoms with E-state index in [0.717, 1.165) is 41.6 Å². The molecule has 12 nitrogen and oxygen atoms in total. The number of hydrogen-bond acceptors (Lipinski definition) is 8. The summed E-state index contributed by atoms with van der Waals surface area (Å²) in [7, 11) is 0. The number of carbonyl (C=O) groups excluding carboxylic acids is 2. The highest BCUT2D eigenvalue weighted by Gasteiger charge is 2.44. The molecule has 2 aliphatic heterocycles. The van der Waals surface area contributed by atoms with Gasteiger partial charge in [0.05, 0.1) is 24.0 Å². The molecule has 1 aromatic carbocycles. The maximum atomic E-state index is 12.9. The van der Waals surface area contributed by atoms with Crippen LogP contribution < -0.4 is 16.4 Å². The molecule has 5 heterocycles. The number of aliphatic imine (C=N–C) groups is 1. The van der Waals surface area contributed by atoms with Crippen LogP contribution in [0.25, 0.3) is 28.0 Å². The van der Waals surface area contributed by atoms with Crippen molar-refractivity contribution < 1.29 is 9.59 Å². The summed E-state index contributed by atoms with van der Waals surface area (Å²) in [5.41, 5.74) is 16.6. The molecule has 0 saturated carbocycles. The lowest BCUT2D eigenvalue weighted by Gasteiger charge is -2.41. The van der Waals surface area contributed by atoms with E-state index < -0.39 is 0 Å². The number of fused-ring (bicyclic) bond motifs is 3. The van der Waals surface area contributed by atoms with Gasteiger partial charge in [-0.2, -0.15) is 9.61 Å². The van der Waals surface area contributed by atoms with E-state index in [-0.39, 0.29) is 35.4 Å². The van der Waals surface area contributed by atoms with Gasteiger partial charge >= 0.3 is 0 Å². The van der Waals surface area contributed by atoms with E-state index in [0.29, 0.717) is 30.1 Å². The van der Waals surface area contributed by atoms with Crippen molar-refractivity contribution >= 4 is 41.1 Å². The molecule has 4 aromatic rings. The number of Topliss-reactive ketones (excluding diaryl/α,β-unsaturated/α-hetero) is 1. The number of nitrogens with one attached hydrogen (secondary N) is 1. The van der Waals surface area contributed by atoms with Gasteiger partial charge in [-0.15, -0.1) is 0 Å². The molecule has 2 fully saturated rings. The Morgan fingerprint density at radius 2 is 1.77 bits per heavy atom. The topological polar surface area (TPSA) is 172 Å². The smallest absolute Gasteiger partial charge is 0.289 e. The van der Waals surface area contributed by atoms with Crippen LogP contribution in [0, 0.1) is 5.41 Å². The SMILES string of the molecule is CC(=O)c1c(N2CC3CCC(C2)N3C(=O)C(N)=NC=N)nc2c(-c3ccc(-c4ccccc4)nc3)cnn2c1N. The molecule has 202 valence electrons. The van der Waals surface area contributed by atoms with Crippen LogP contribution in [-0.2, 0) is 4.79 Å². The second-order valence-electron chi connectivity index (χ2n) is 9.99. The summed E-state index contributed by atoms with van der Waals surface area (Å²) in [5, 5.41) is 11.6. The molecule has 6 rings (SSSR count). The maximum absolute atomic E-state index is 12.9. The summed E-state index contributed by atoms with van der Waals surface area (Å²) in [6, 6.07) is 13.6. The number of nitrogen functional groups attached to an aromatic ring is 1. The lowest BCUT2D eigenvalue weighted by atomic mass is 10.1. The van der Waals surface area contributed by atoms with Crippen LogP contribution in [0.1, 0.15) is 30.1 Å². The second kappa shape index (κ2) is 9.88. The number of nitrogens with zero attached hydrogens (tertiary/aromatic N) is 7. The average molecular weight is 537 g/mol. The summed E-state index contributed by atoms with van der Waals surface area (Å²) in [6.45, 7) is 2.38. The van der Waals surface area contributed by atoms with Crippen molar-refractivity contribution in [1.82, 2.24) is 24.5 Å². The molecule has 2 atom stereocenters. The molecule has 2 saturated heterocycles. The summed E-state index contributed by atoms with van der Waals surface area (Å²) in [4.78, 5) is 42.8. The number of aromatic nitrogens is 4. The van der Waals surface area contributed by atoms with Crippen LogP contribution in [0.5, 0.6) is 0 Å². The number of piperazine rings is 1. The summed E-state index contributed by atoms with van der Waals surface area (Å²) < 4.78 is 1.49. The first-order valence-corrected chi connectivity index (χ1v) is 13.0. The number of rotatable bonds is 5. The van der Waals surface area contributed by atoms with Crippen LogP contribution in [-0.4, -0.2) is 73.5 Å². The van der Waals surface area contributed by atoms with Crippen LogP contribution >= 0.6 is 0 Å². The van der Waals surface area contributed by atoms with E-state index in [1.54, 1.807) is 17.3 Å². The average Bonchev–Trinajstić information content (AvgIpc) is 3.51. The van der Waals surface area contributed by atoms with Crippen LogP contribution in [0.4, 0.5) is 11.6 Å². The number of pyridine rings is 1.